The van der Waals surface area contributed by atoms with Gasteiger partial charge in [-0.1, -0.05) is 43.6 Å². The fraction of sp³-hybridized carbons (Fsp3) is 0.857. The Balaban J connectivity index is 1.29. The molecule has 31 heavy (non-hydrogen) atoms. The van der Waals surface area contributed by atoms with Crippen molar-refractivity contribution in [2.24, 2.45) is 35.0 Å². The predicted molar refractivity (Wildman–Crippen MR) is 125 cm³/mol. The highest BCUT2D eigenvalue weighted by Gasteiger charge is 2.58. The Hall–Kier alpha value is -0.640. The minimum absolute atomic E-state index is 0.0574. The molecule has 6 rings (SSSR count). The Kier molecular flexibility index (Phi) is 4.85. The Morgan fingerprint density at radius 3 is 2.84 bits per heavy atom. The third kappa shape index (κ3) is 3.02. The van der Waals surface area contributed by atoms with Crippen LogP contribution in [0.5, 0.6) is 0 Å². The molecule has 2 saturated carbocycles. The van der Waals surface area contributed by atoms with Crippen molar-refractivity contribution in [3.05, 3.63) is 22.8 Å². The Morgan fingerprint density at radius 2 is 2.00 bits per heavy atom. The van der Waals surface area contributed by atoms with Gasteiger partial charge in [0, 0.05) is 12.0 Å². The highest BCUT2D eigenvalue weighted by molar-refractivity contribution is 5.33. The van der Waals surface area contributed by atoms with Crippen molar-refractivity contribution < 1.29 is 9.84 Å². The molecule has 3 nitrogen and oxygen atoms in total. The summed E-state index contributed by atoms with van der Waals surface area (Å²) in [7, 11) is 0. The number of fused-ring (bicyclic) bond motifs is 6. The molecule has 4 aliphatic carbocycles. The molecule has 0 unspecified atom stereocenters. The maximum absolute atomic E-state index is 10.2. The summed E-state index contributed by atoms with van der Waals surface area (Å²) in [5.41, 5.74) is 5.44. The van der Waals surface area contributed by atoms with E-state index in [9.17, 15) is 5.11 Å². The van der Waals surface area contributed by atoms with E-state index in [4.69, 9.17) is 4.74 Å². The second-order valence-corrected chi connectivity index (χ2v) is 12.6. The van der Waals surface area contributed by atoms with Crippen molar-refractivity contribution in [2.45, 2.75) is 109 Å². The molecule has 0 bridgehead atoms. The molecule has 10 atom stereocenters. The van der Waals surface area contributed by atoms with Gasteiger partial charge < -0.3 is 15.2 Å². The highest BCUT2D eigenvalue weighted by atomic mass is 16.5. The average Bonchev–Trinajstić information content (AvgIpc) is 3.19. The van der Waals surface area contributed by atoms with Crippen molar-refractivity contribution >= 4 is 0 Å². The van der Waals surface area contributed by atoms with Crippen LogP contribution in [0.1, 0.15) is 85.5 Å². The second-order valence-electron chi connectivity index (χ2n) is 12.6. The van der Waals surface area contributed by atoms with Gasteiger partial charge in [0.25, 0.3) is 0 Å². The van der Waals surface area contributed by atoms with E-state index in [0.29, 0.717) is 23.5 Å². The van der Waals surface area contributed by atoms with Gasteiger partial charge in [-0.05, 0) is 100 Å². The normalized spacial score (nSPS) is 54.0. The molecule has 2 heterocycles. The average molecular weight is 426 g/mol. The van der Waals surface area contributed by atoms with Gasteiger partial charge >= 0.3 is 0 Å². The second kappa shape index (κ2) is 7.18. The number of aliphatic hydroxyl groups is 1. The lowest BCUT2D eigenvalue weighted by Gasteiger charge is -2.49. The molecular formula is C28H43NO2. The Morgan fingerprint density at radius 1 is 1.16 bits per heavy atom. The molecule has 3 heteroatoms. The fourth-order valence-electron chi connectivity index (χ4n) is 9.28. The van der Waals surface area contributed by atoms with Crippen molar-refractivity contribution in [3.63, 3.8) is 0 Å². The first kappa shape index (κ1) is 20.9. The van der Waals surface area contributed by atoms with E-state index >= 15 is 0 Å². The van der Waals surface area contributed by atoms with E-state index in [1.54, 1.807) is 11.1 Å². The number of rotatable bonds is 0. The van der Waals surface area contributed by atoms with Crippen LogP contribution in [0.4, 0.5) is 0 Å². The minimum Gasteiger partial charge on any atom is -0.389 e. The zero-order chi connectivity index (χ0) is 21.5. The largest absolute Gasteiger partial charge is 0.389 e. The van der Waals surface area contributed by atoms with Gasteiger partial charge in [0.05, 0.1) is 17.8 Å². The maximum Gasteiger partial charge on any atom is 0.0765 e. The van der Waals surface area contributed by atoms with Gasteiger partial charge in [0.1, 0.15) is 0 Å². The van der Waals surface area contributed by atoms with Crippen LogP contribution in [0, 0.1) is 35.0 Å². The van der Waals surface area contributed by atoms with Gasteiger partial charge in [0.15, 0.2) is 0 Å². The summed E-state index contributed by atoms with van der Waals surface area (Å²) in [4.78, 5) is 0. The summed E-state index contributed by atoms with van der Waals surface area (Å²) >= 11 is 0. The molecule has 0 aromatic carbocycles. The minimum atomic E-state index is -0.201. The molecule has 6 aliphatic rings. The lowest BCUT2D eigenvalue weighted by molar-refractivity contribution is -0.0721. The Labute approximate surface area is 189 Å². The topological polar surface area (TPSA) is 41.5 Å². The molecule has 0 aromatic rings. The molecule has 2 saturated heterocycles. The third-order valence-electron chi connectivity index (χ3n) is 11.1. The first-order valence-corrected chi connectivity index (χ1v) is 13.3. The standard InChI is InChI=1S/C28H43NO2/c1-16-11-25-26(29-15-16)18(3)28(31-25)10-8-21-22-6-5-19-12-20(30)7-9-27(19,4)24(22)13-23(21)17(2)14-28/h12,16,18,20-22,24-26,29-30H,5-11,13-15H2,1-4H3/t16-,18+,20-,21-,22-,24-,25+,26-,27-,28-/m0/s1. The van der Waals surface area contributed by atoms with Crippen LogP contribution in [0.25, 0.3) is 0 Å². The number of ether oxygens (including phenoxy) is 1. The number of hydrogen-bond acceptors (Lipinski definition) is 3. The van der Waals surface area contributed by atoms with Crippen molar-refractivity contribution in [1.29, 1.82) is 0 Å². The van der Waals surface area contributed by atoms with Gasteiger partial charge in [-0.15, -0.1) is 0 Å². The monoisotopic (exact) mass is 425 g/mol. The van der Waals surface area contributed by atoms with Crippen LogP contribution in [0.2, 0.25) is 0 Å². The van der Waals surface area contributed by atoms with Crippen molar-refractivity contribution in [3.8, 4) is 0 Å². The SMILES string of the molecule is CC1=C2C[C@H]3[C@@H](CCC4=C[C@@H](O)CC[C@@]43C)[C@@H]2CC[C@@]2(C1)O[C@@H]1C[C@H](C)CN[C@H]1[C@H]2C. The number of aliphatic hydroxyl groups excluding tert-OH is 1. The summed E-state index contributed by atoms with van der Waals surface area (Å²) < 4.78 is 7.01. The van der Waals surface area contributed by atoms with E-state index in [1.165, 1.54) is 44.9 Å². The smallest absolute Gasteiger partial charge is 0.0765 e. The maximum atomic E-state index is 10.2. The van der Waals surface area contributed by atoms with Crippen LogP contribution in [0.15, 0.2) is 22.8 Å². The van der Waals surface area contributed by atoms with E-state index in [-0.39, 0.29) is 11.7 Å². The van der Waals surface area contributed by atoms with E-state index < -0.39 is 0 Å². The lowest BCUT2D eigenvalue weighted by Crippen LogP contribution is -2.48. The van der Waals surface area contributed by atoms with Gasteiger partial charge in [0.2, 0.25) is 0 Å². The quantitative estimate of drug-likeness (QED) is 0.511. The van der Waals surface area contributed by atoms with Crippen LogP contribution in [-0.2, 0) is 4.74 Å². The number of hydrogen-bond donors (Lipinski definition) is 2. The van der Waals surface area contributed by atoms with E-state index in [0.717, 1.165) is 43.1 Å². The number of piperidine rings is 1. The first-order valence-electron chi connectivity index (χ1n) is 13.3. The van der Waals surface area contributed by atoms with Crippen molar-refractivity contribution in [1.82, 2.24) is 5.32 Å². The highest BCUT2D eigenvalue weighted by Crippen LogP contribution is 2.64. The summed E-state index contributed by atoms with van der Waals surface area (Å²) in [6.07, 6.45) is 13.4. The van der Waals surface area contributed by atoms with Gasteiger partial charge in [-0.3, -0.25) is 0 Å². The van der Waals surface area contributed by atoms with Crippen LogP contribution < -0.4 is 5.32 Å². The number of nitrogens with one attached hydrogen (secondary N) is 1. The van der Waals surface area contributed by atoms with Crippen LogP contribution >= 0.6 is 0 Å². The Bertz CT molecular complexity index is 816. The van der Waals surface area contributed by atoms with Gasteiger partial charge in [-0.25, -0.2) is 0 Å². The van der Waals surface area contributed by atoms with Crippen molar-refractivity contribution in [2.75, 3.05) is 6.54 Å². The molecule has 2 aliphatic heterocycles. The summed E-state index contributed by atoms with van der Waals surface area (Å²) in [5.74, 6) is 3.74. The third-order valence-corrected chi connectivity index (χ3v) is 11.1. The molecule has 0 radical (unpaired) electrons. The first-order chi connectivity index (χ1) is 14.8. The number of allylic oxidation sites excluding steroid dienone is 2. The zero-order valence-corrected chi connectivity index (χ0v) is 20.1. The van der Waals surface area contributed by atoms with Crippen LogP contribution in [-0.4, -0.2) is 35.5 Å². The summed E-state index contributed by atoms with van der Waals surface area (Å²) in [6.45, 7) is 11.0. The molecule has 2 N–H and O–H groups in total. The molecule has 4 fully saturated rings. The van der Waals surface area contributed by atoms with Gasteiger partial charge in [-0.2, -0.15) is 0 Å². The molecule has 172 valence electrons. The summed E-state index contributed by atoms with van der Waals surface area (Å²) in [6, 6.07) is 0.551. The lowest BCUT2D eigenvalue weighted by atomic mass is 9.56. The van der Waals surface area contributed by atoms with Crippen LogP contribution in [0.3, 0.4) is 0 Å². The summed E-state index contributed by atoms with van der Waals surface area (Å²) in [5, 5.41) is 14.1. The molecule has 0 amide bonds. The fourth-order valence-corrected chi connectivity index (χ4v) is 9.28. The van der Waals surface area contributed by atoms with E-state index in [2.05, 4.69) is 39.1 Å². The van der Waals surface area contributed by atoms with E-state index in [1.807, 2.05) is 5.57 Å². The predicted octanol–water partition coefficient (Wildman–Crippen LogP) is 5.39. The molecule has 0 aromatic heterocycles. The molecular weight excluding hydrogens is 382 g/mol. The molecule has 1 spiro atoms. The zero-order valence-electron chi connectivity index (χ0n) is 20.1.